The smallest absolute Gasteiger partial charge is 0.265 e. The molecule has 0 radical (unpaired) electrons. The molecule has 2 amide bonds. The van der Waals surface area contributed by atoms with Gasteiger partial charge in [-0.25, -0.2) is 0 Å². The van der Waals surface area contributed by atoms with Gasteiger partial charge >= 0.3 is 0 Å². The molecule has 2 N–H and O–H groups in total. The van der Waals surface area contributed by atoms with Gasteiger partial charge in [0.1, 0.15) is 12.2 Å². The fraction of sp³-hybridized carbons (Fsp3) is 0.318. The van der Waals surface area contributed by atoms with E-state index in [9.17, 15) is 9.59 Å². The molecule has 0 aromatic heterocycles. The van der Waals surface area contributed by atoms with E-state index in [-0.39, 0.29) is 24.8 Å². The van der Waals surface area contributed by atoms with Gasteiger partial charge in [-0.15, -0.1) is 0 Å². The fourth-order valence-corrected chi connectivity index (χ4v) is 2.65. The zero-order chi connectivity index (χ0) is 20.5. The minimum atomic E-state index is -0.668. The van der Waals surface area contributed by atoms with E-state index >= 15 is 0 Å². The molecule has 6 heteroatoms. The molecule has 1 unspecified atom stereocenters. The Balaban J connectivity index is 1.98. The highest BCUT2D eigenvalue weighted by Crippen LogP contribution is 2.26. The molecule has 28 heavy (non-hydrogen) atoms. The molecule has 1 atom stereocenters. The van der Waals surface area contributed by atoms with Crippen LogP contribution in [0.15, 0.2) is 48.5 Å². The van der Waals surface area contributed by atoms with Gasteiger partial charge in [0.25, 0.3) is 5.91 Å². The summed E-state index contributed by atoms with van der Waals surface area (Å²) in [6, 6.07) is 16.7. The van der Waals surface area contributed by atoms with Crippen molar-refractivity contribution in [3.05, 3.63) is 59.7 Å². The fourth-order valence-electron chi connectivity index (χ4n) is 2.65. The number of anilines is 1. The van der Waals surface area contributed by atoms with Crippen molar-refractivity contribution in [2.75, 3.05) is 5.32 Å². The van der Waals surface area contributed by atoms with Crippen molar-refractivity contribution >= 4 is 17.5 Å². The summed E-state index contributed by atoms with van der Waals surface area (Å²) in [4.78, 5) is 23.9. The molecule has 0 spiro atoms. The molecule has 0 aliphatic rings. The van der Waals surface area contributed by atoms with Crippen LogP contribution in [0.1, 0.15) is 44.2 Å². The second-order valence-corrected chi connectivity index (χ2v) is 6.75. The highest BCUT2D eigenvalue weighted by Gasteiger charge is 2.17. The van der Waals surface area contributed by atoms with Crippen molar-refractivity contribution < 1.29 is 14.3 Å². The Bertz CT molecular complexity index is 871. The summed E-state index contributed by atoms with van der Waals surface area (Å²) in [7, 11) is 0. The second-order valence-electron chi connectivity index (χ2n) is 6.75. The monoisotopic (exact) mass is 379 g/mol. The van der Waals surface area contributed by atoms with Crippen LogP contribution in [-0.2, 0) is 16.1 Å². The number of para-hydroxylation sites is 1. The molecule has 2 rings (SSSR count). The summed E-state index contributed by atoms with van der Waals surface area (Å²) in [5.41, 5.74) is 2.49. The van der Waals surface area contributed by atoms with Gasteiger partial charge in [-0.05, 0) is 42.2 Å². The lowest BCUT2D eigenvalue weighted by Gasteiger charge is -2.19. The first-order valence-corrected chi connectivity index (χ1v) is 9.19. The minimum absolute atomic E-state index is 0.177. The zero-order valence-electron chi connectivity index (χ0n) is 16.4. The number of hydrogen-bond donors (Lipinski definition) is 2. The topological polar surface area (TPSA) is 91.2 Å². The van der Waals surface area contributed by atoms with Crippen LogP contribution < -0.4 is 15.4 Å². The highest BCUT2D eigenvalue weighted by molar-refractivity contribution is 5.94. The molecule has 2 aromatic carbocycles. The largest absolute Gasteiger partial charge is 0.481 e. The normalized spacial score (nSPS) is 11.4. The van der Waals surface area contributed by atoms with Crippen molar-refractivity contribution in [1.82, 2.24) is 5.32 Å². The van der Waals surface area contributed by atoms with Crippen molar-refractivity contribution in [2.45, 2.75) is 45.8 Å². The lowest BCUT2D eigenvalue weighted by atomic mass is 10.0. The number of carbonyl (C=O) groups excluding carboxylic acids is 2. The van der Waals surface area contributed by atoms with Crippen molar-refractivity contribution in [2.24, 2.45) is 0 Å². The van der Waals surface area contributed by atoms with Gasteiger partial charge in [0.05, 0.1) is 6.07 Å². The lowest BCUT2D eigenvalue weighted by Crippen LogP contribution is -2.30. The van der Waals surface area contributed by atoms with E-state index in [0.717, 1.165) is 11.1 Å². The minimum Gasteiger partial charge on any atom is -0.481 e. The Morgan fingerprint density at radius 2 is 1.86 bits per heavy atom. The van der Waals surface area contributed by atoms with E-state index in [1.54, 1.807) is 31.2 Å². The maximum Gasteiger partial charge on any atom is 0.265 e. The van der Waals surface area contributed by atoms with Gasteiger partial charge in [-0.3, -0.25) is 9.59 Å². The number of nitriles is 1. The lowest BCUT2D eigenvalue weighted by molar-refractivity contribution is -0.122. The van der Waals surface area contributed by atoms with E-state index in [4.69, 9.17) is 10.00 Å². The summed E-state index contributed by atoms with van der Waals surface area (Å²) in [5.74, 6) is 0.403. The molecule has 0 bridgehead atoms. The summed E-state index contributed by atoms with van der Waals surface area (Å²) in [5, 5.41) is 14.0. The Kier molecular flexibility index (Phi) is 7.58. The quantitative estimate of drug-likeness (QED) is 0.731. The first-order chi connectivity index (χ1) is 13.4. The van der Waals surface area contributed by atoms with Gasteiger partial charge in [0.2, 0.25) is 5.91 Å². The standard InChI is InChI=1S/C22H25N3O3/c1-15(2)19-9-4-5-10-20(19)28-16(3)22(27)25-18-8-6-7-17(13-18)14-24-21(26)11-12-23/h4-10,13,15-16H,11,14H2,1-3H3,(H,24,26)(H,25,27). The van der Waals surface area contributed by atoms with Crippen molar-refractivity contribution in [3.63, 3.8) is 0 Å². The molecule has 146 valence electrons. The third kappa shape index (κ3) is 6.13. The average Bonchev–Trinajstić information content (AvgIpc) is 2.67. The second kappa shape index (κ2) is 10.1. The summed E-state index contributed by atoms with van der Waals surface area (Å²) in [6.07, 6.45) is -0.845. The molecule has 0 fully saturated rings. The summed E-state index contributed by atoms with van der Waals surface area (Å²) < 4.78 is 5.88. The number of ether oxygens (including phenoxy) is 1. The van der Waals surface area contributed by atoms with Crippen LogP contribution in [0.4, 0.5) is 5.69 Å². The van der Waals surface area contributed by atoms with Crippen molar-refractivity contribution in [3.8, 4) is 11.8 Å². The van der Waals surface area contributed by atoms with E-state index in [2.05, 4.69) is 24.5 Å². The molecule has 0 aliphatic carbocycles. The number of amides is 2. The van der Waals surface area contributed by atoms with Crippen LogP contribution in [0.2, 0.25) is 0 Å². The molecule has 0 aliphatic heterocycles. The first kappa shape index (κ1) is 21.0. The van der Waals surface area contributed by atoms with Crippen LogP contribution in [-0.4, -0.2) is 17.9 Å². The summed E-state index contributed by atoms with van der Waals surface area (Å²) in [6.45, 7) is 6.15. The van der Waals surface area contributed by atoms with E-state index in [1.807, 2.05) is 30.3 Å². The molecular weight excluding hydrogens is 354 g/mol. The molecule has 0 heterocycles. The number of nitrogens with one attached hydrogen (secondary N) is 2. The first-order valence-electron chi connectivity index (χ1n) is 9.19. The zero-order valence-corrected chi connectivity index (χ0v) is 16.4. The van der Waals surface area contributed by atoms with Crippen LogP contribution in [0, 0.1) is 11.3 Å². The molecule has 2 aromatic rings. The average molecular weight is 379 g/mol. The van der Waals surface area contributed by atoms with Gasteiger partial charge in [-0.2, -0.15) is 5.26 Å². The maximum atomic E-state index is 12.5. The number of hydrogen-bond acceptors (Lipinski definition) is 4. The number of benzene rings is 2. The molecular formula is C22H25N3O3. The Hall–Kier alpha value is -3.33. The van der Waals surface area contributed by atoms with E-state index in [1.165, 1.54) is 0 Å². The highest BCUT2D eigenvalue weighted by atomic mass is 16.5. The number of rotatable bonds is 8. The van der Waals surface area contributed by atoms with E-state index < -0.39 is 6.10 Å². The molecule has 0 saturated carbocycles. The van der Waals surface area contributed by atoms with Crippen LogP contribution in [0.3, 0.4) is 0 Å². The van der Waals surface area contributed by atoms with Gasteiger partial charge < -0.3 is 15.4 Å². The predicted molar refractivity (Wildman–Crippen MR) is 108 cm³/mol. The van der Waals surface area contributed by atoms with Crippen LogP contribution >= 0.6 is 0 Å². The van der Waals surface area contributed by atoms with Gasteiger partial charge in [0.15, 0.2) is 6.10 Å². The number of nitrogens with zero attached hydrogens (tertiary/aromatic N) is 1. The molecule has 6 nitrogen and oxygen atoms in total. The Morgan fingerprint density at radius 1 is 1.11 bits per heavy atom. The van der Waals surface area contributed by atoms with Gasteiger partial charge in [-0.1, -0.05) is 44.2 Å². The maximum absolute atomic E-state index is 12.5. The number of carbonyl (C=O) groups is 2. The van der Waals surface area contributed by atoms with Crippen LogP contribution in [0.5, 0.6) is 5.75 Å². The molecule has 0 saturated heterocycles. The van der Waals surface area contributed by atoms with Crippen molar-refractivity contribution in [1.29, 1.82) is 5.26 Å². The SMILES string of the molecule is CC(Oc1ccccc1C(C)C)C(=O)Nc1cccc(CNC(=O)CC#N)c1. The van der Waals surface area contributed by atoms with Crippen LogP contribution in [0.25, 0.3) is 0 Å². The summed E-state index contributed by atoms with van der Waals surface area (Å²) >= 11 is 0. The predicted octanol–water partition coefficient (Wildman–Crippen LogP) is 3.75. The van der Waals surface area contributed by atoms with E-state index in [0.29, 0.717) is 17.4 Å². The Labute approximate surface area is 165 Å². The third-order valence-electron chi connectivity index (χ3n) is 4.14. The Morgan fingerprint density at radius 3 is 2.57 bits per heavy atom. The van der Waals surface area contributed by atoms with Gasteiger partial charge in [0, 0.05) is 12.2 Å². The third-order valence-corrected chi connectivity index (χ3v) is 4.14.